The Morgan fingerprint density at radius 1 is 0.426 bits per heavy atom. The summed E-state index contributed by atoms with van der Waals surface area (Å²) in [5.41, 5.74) is 0. The Kier molecular flexibility index (Phi) is 45.7. The normalized spacial score (nSPS) is 13.7. The summed E-state index contributed by atoms with van der Waals surface area (Å²) in [6.07, 6.45) is 47.7. The van der Waals surface area contributed by atoms with Gasteiger partial charge in [0, 0.05) is 12.8 Å². The molecule has 0 saturated heterocycles. The zero-order valence-corrected chi connectivity index (χ0v) is 40.5. The molecule has 0 aromatic carbocycles. The molecule has 0 aromatic heterocycles. The third-order valence-electron chi connectivity index (χ3n) is 11.5. The zero-order chi connectivity index (χ0) is 44.8. The first kappa shape index (κ1) is 59.7. The number of aliphatic hydroxyl groups is 2. The van der Waals surface area contributed by atoms with E-state index in [4.69, 9.17) is 18.5 Å². The molecule has 3 N–H and O–H groups in total. The van der Waals surface area contributed by atoms with E-state index in [0.717, 1.165) is 57.8 Å². The van der Waals surface area contributed by atoms with Gasteiger partial charge in [-0.2, -0.15) is 0 Å². The third-order valence-corrected chi connectivity index (χ3v) is 12.4. The third kappa shape index (κ3) is 45.1. The SMILES string of the molecule is CCCCCCC/C=C\CCCCCCCC(=O)OC(CO)COP(=O)(O)OCC(CO)OC(=O)CCCCCCCCCCCCCCCCCCCCCCCCCC. The van der Waals surface area contributed by atoms with E-state index < -0.39 is 58.4 Å². The van der Waals surface area contributed by atoms with Gasteiger partial charge in [0.05, 0.1) is 26.4 Å². The van der Waals surface area contributed by atoms with Crippen molar-refractivity contribution < 1.29 is 47.8 Å². The molecule has 0 saturated carbocycles. The lowest BCUT2D eigenvalue weighted by Crippen LogP contribution is -2.28. The second kappa shape index (κ2) is 46.7. The Balaban J connectivity index is 3.77. The maximum absolute atomic E-state index is 12.4. The molecule has 0 spiro atoms. The van der Waals surface area contributed by atoms with Crippen LogP contribution in [0.4, 0.5) is 0 Å². The van der Waals surface area contributed by atoms with Gasteiger partial charge in [-0.1, -0.05) is 219 Å². The van der Waals surface area contributed by atoms with Crippen LogP contribution in [-0.2, 0) is 32.7 Å². The van der Waals surface area contributed by atoms with Crippen molar-refractivity contribution in [1.82, 2.24) is 0 Å². The number of hydrogen-bond acceptors (Lipinski definition) is 9. The molecule has 362 valence electrons. The molecule has 61 heavy (non-hydrogen) atoms. The summed E-state index contributed by atoms with van der Waals surface area (Å²) in [6.45, 7) is 2.24. The number of allylic oxidation sites excluding steroid dienone is 2. The highest BCUT2D eigenvalue weighted by molar-refractivity contribution is 7.47. The number of carbonyl (C=O) groups is 2. The van der Waals surface area contributed by atoms with Gasteiger partial charge in [0.2, 0.25) is 0 Å². The summed E-state index contributed by atoms with van der Waals surface area (Å²) < 4.78 is 32.7. The molecule has 3 unspecified atom stereocenters. The predicted molar refractivity (Wildman–Crippen MR) is 252 cm³/mol. The van der Waals surface area contributed by atoms with E-state index >= 15 is 0 Å². The van der Waals surface area contributed by atoms with Crippen LogP contribution in [0.5, 0.6) is 0 Å². The van der Waals surface area contributed by atoms with Gasteiger partial charge >= 0.3 is 19.8 Å². The Hall–Kier alpha value is -1.29. The quantitative estimate of drug-likeness (QED) is 0.0233. The lowest BCUT2D eigenvalue weighted by molar-refractivity contribution is -0.153. The number of unbranched alkanes of at least 4 members (excludes halogenated alkanes) is 33. The molecule has 0 amide bonds. The monoisotopic (exact) mass is 889 g/mol. The lowest BCUT2D eigenvalue weighted by atomic mass is 10.0. The Bertz CT molecular complexity index is 1020. The Morgan fingerprint density at radius 3 is 0.934 bits per heavy atom. The summed E-state index contributed by atoms with van der Waals surface area (Å²) in [7, 11) is -4.64. The van der Waals surface area contributed by atoms with E-state index in [-0.39, 0.29) is 12.8 Å². The van der Waals surface area contributed by atoms with Gasteiger partial charge in [-0.15, -0.1) is 0 Å². The van der Waals surface area contributed by atoms with Gasteiger partial charge in [-0.05, 0) is 38.5 Å². The topological polar surface area (TPSA) is 149 Å². The van der Waals surface area contributed by atoms with Crippen molar-refractivity contribution in [2.24, 2.45) is 0 Å². The fraction of sp³-hybridized carbons (Fsp3) is 0.920. The van der Waals surface area contributed by atoms with Crippen molar-refractivity contribution in [1.29, 1.82) is 0 Å². The van der Waals surface area contributed by atoms with Gasteiger partial charge < -0.3 is 24.6 Å². The molecule has 0 bridgehead atoms. The van der Waals surface area contributed by atoms with Crippen molar-refractivity contribution in [3.05, 3.63) is 12.2 Å². The molecule has 0 aliphatic rings. The van der Waals surface area contributed by atoms with Gasteiger partial charge in [-0.25, -0.2) is 4.57 Å². The van der Waals surface area contributed by atoms with Gasteiger partial charge in [0.15, 0.2) is 0 Å². The zero-order valence-electron chi connectivity index (χ0n) is 39.7. The number of carbonyl (C=O) groups excluding carboxylic acids is 2. The number of phosphoric acid groups is 1. The Morgan fingerprint density at radius 2 is 0.672 bits per heavy atom. The molecular formula is C50H97O10P. The summed E-state index contributed by atoms with van der Waals surface area (Å²) in [5.74, 6) is -1.01. The van der Waals surface area contributed by atoms with Crippen LogP contribution < -0.4 is 0 Å². The van der Waals surface area contributed by atoms with Crippen molar-refractivity contribution in [3.63, 3.8) is 0 Å². The Labute approximate surface area is 375 Å². The number of phosphoric ester groups is 1. The van der Waals surface area contributed by atoms with E-state index in [9.17, 15) is 29.3 Å². The van der Waals surface area contributed by atoms with E-state index in [0.29, 0.717) is 12.8 Å². The van der Waals surface area contributed by atoms with Crippen LogP contribution in [0.3, 0.4) is 0 Å². The molecule has 0 fully saturated rings. The van der Waals surface area contributed by atoms with Crippen molar-refractivity contribution in [2.75, 3.05) is 26.4 Å². The maximum Gasteiger partial charge on any atom is 0.472 e. The van der Waals surface area contributed by atoms with Crippen LogP contribution >= 0.6 is 7.82 Å². The van der Waals surface area contributed by atoms with Crippen LogP contribution in [-0.4, -0.2) is 65.7 Å². The number of ether oxygens (including phenoxy) is 2. The predicted octanol–water partition coefficient (Wildman–Crippen LogP) is 14.3. The van der Waals surface area contributed by atoms with Crippen LogP contribution in [0, 0.1) is 0 Å². The summed E-state index contributed by atoms with van der Waals surface area (Å²) in [6, 6.07) is 0. The smallest absolute Gasteiger partial charge is 0.457 e. The standard InChI is InChI=1S/C50H97O10P/c1-3-5-7-9-11-13-15-17-19-20-21-22-23-24-25-26-27-28-30-32-34-36-38-40-42-50(54)60-48(44-52)46-58-61(55,56)57-45-47(43-51)59-49(53)41-39-37-35-33-31-29-18-16-14-12-10-8-6-4-2/h16,18,47-48,51-52H,3-15,17,19-46H2,1-2H3,(H,55,56)/b18-16-. The molecule has 0 radical (unpaired) electrons. The van der Waals surface area contributed by atoms with Gasteiger partial charge in [0.1, 0.15) is 12.2 Å². The molecule has 0 rings (SSSR count). The van der Waals surface area contributed by atoms with Crippen LogP contribution in [0.2, 0.25) is 0 Å². The van der Waals surface area contributed by atoms with Crippen molar-refractivity contribution >= 4 is 19.8 Å². The molecule has 0 aliphatic carbocycles. The summed E-state index contributed by atoms with van der Waals surface area (Å²) >= 11 is 0. The number of rotatable bonds is 49. The average Bonchev–Trinajstić information content (AvgIpc) is 3.25. The number of aliphatic hydroxyl groups excluding tert-OH is 2. The lowest BCUT2D eigenvalue weighted by Gasteiger charge is -2.20. The highest BCUT2D eigenvalue weighted by atomic mass is 31.2. The second-order valence-corrected chi connectivity index (χ2v) is 19.0. The first-order valence-electron chi connectivity index (χ1n) is 25.6. The minimum atomic E-state index is -4.64. The minimum absolute atomic E-state index is 0.185. The summed E-state index contributed by atoms with van der Waals surface area (Å²) in [5, 5.41) is 19.2. The second-order valence-electron chi connectivity index (χ2n) is 17.5. The highest BCUT2D eigenvalue weighted by Gasteiger charge is 2.27. The van der Waals surface area contributed by atoms with Crippen molar-refractivity contribution in [2.45, 2.75) is 270 Å². The van der Waals surface area contributed by atoms with E-state index in [1.54, 1.807) is 0 Å². The molecule has 0 aliphatic heterocycles. The van der Waals surface area contributed by atoms with Crippen LogP contribution in [0.1, 0.15) is 258 Å². The molecule has 10 nitrogen and oxygen atoms in total. The van der Waals surface area contributed by atoms with Gasteiger partial charge in [0.25, 0.3) is 0 Å². The van der Waals surface area contributed by atoms with E-state index in [2.05, 4.69) is 26.0 Å². The fourth-order valence-corrected chi connectivity index (χ4v) is 8.31. The fourth-order valence-electron chi connectivity index (χ4n) is 7.52. The molecular weight excluding hydrogens is 792 g/mol. The molecule has 11 heteroatoms. The number of hydrogen-bond donors (Lipinski definition) is 3. The maximum atomic E-state index is 12.4. The van der Waals surface area contributed by atoms with E-state index in [1.807, 2.05) is 0 Å². The molecule has 3 atom stereocenters. The largest absolute Gasteiger partial charge is 0.472 e. The summed E-state index contributed by atoms with van der Waals surface area (Å²) in [4.78, 5) is 34.6. The first-order valence-corrected chi connectivity index (χ1v) is 27.1. The van der Waals surface area contributed by atoms with Gasteiger partial charge in [-0.3, -0.25) is 18.6 Å². The number of esters is 2. The molecule has 0 aromatic rings. The van der Waals surface area contributed by atoms with Crippen LogP contribution in [0.15, 0.2) is 12.2 Å². The van der Waals surface area contributed by atoms with E-state index in [1.165, 1.54) is 161 Å². The first-order chi connectivity index (χ1) is 29.8. The molecule has 0 heterocycles. The minimum Gasteiger partial charge on any atom is -0.457 e. The average molecular weight is 889 g/mol. The highest BCUT2D eigenvalue weighted by Crippen LogP contribution is 2.43. The van der Waals surface area contributed by atoms with Crippen LogP contribution in [0.25, 0.3) is 0 Å². The van der Waals surface area contributed by atoms with Crippen molar-refractivity contribution in [3.8, 4) is 0 Å².